The van der Waals surface area contributed by atoms with E-state index in [1.54, 1.807) is 37.6 Å². The van der Waals surface area contributed by atoms with Gasteiger partial charge in [-0.2, -0.15) is 0 Å². The number of hydroxylamine groups is 1. The summed E-state index contributed by atoms with van der Waals surface area (Å²) >= 11 is 0. The molecule has 0 radical (unpaired) electrons. The van der Waals surface area contributed by atoms with Gasteiger partial charge in [-0.15, -0.1) is 0 Å². The van der Waals surface area contributed by atoms with E-state index in [2.05, 4.69) is 36.2 Å². The molecular weight excluding hydrogens is 306 g/mol. The Morgan fingerprint density at radius 2 is 1.83 bits per heavy atom. The van der Waals surface area contributed by atoms with Gasteiger partial charge in [-0.05, 0) is 35.7 Å². The number of pyridine rings is 1. The van der Waals surface area contributed by atoms with Crippen LogP contribution in [0, 0.1) is 5.41 Å². The van der Waals surface area contributed by atoms with E-state index in [1.807, 2.05) is 12.1 Å². The highest BCUT2D eigenvalue weighted by Crippen LogP contribution is 2.23. The molecule has 1 aromatic carbocycles. The molecule has 0 spiro atoms. The Morgan fingerprint density at radius 1 is 1.17 bits per heavy atom. The van der Waals surface area contributed by atoms with Crippen molar-refractivity contribution in [2.24, 2.45) is 10.4 Å². The van der Waals surface area contributed by atoms with Crippen molar-refractivity contribution in [2.75, 3.05) is 13.7 Å². The van der Waals surface area contributed by atoms with Crippen LogP contribution in [0.25, 0.3) is 0 Å². The van der Waals surface area contributed by atoms with Crippen LogP contribution in [0.2, 0.25) is 0 Å². The topological polar surface area (TPSA) is 76.0 Å². The van der Waals surface area contributed by atoms with E-state index in [0.717, 1.165) is 5.75 Å². The SMILES string of the molecule is COc1ccc(Oc2cc(C(=NCC(C)(C)C)NO)ccn2)cc1. The number of benzene rings is 1. The van der Waals surface area contributed by atoms with Crippen molar-refractivity contribution in [1.29, 1.82) is 0 Å². The zero-order valence-electron chi connectivity index (χ0n) is 14.4. The number of rotatable bonds is 5. The standard InChI is InChI=1S/C18H23N3O3/c1-18(2,3)12-20-17(21-22)13-9-10-19-16(11-13)24-15-7-5-14(23-4)6-8-15/h5-11,22H,12H2,1-4H3,(H,20,21). The molecule has 1 aromatic heterocycles. The molecule has 24 heavy (non-hydrogen) atoms. The van der Waals surface area contributed by atoms with E-state index < -0.39 is 0 Å². The minimum absolute atomic E-state index is 0.0254. The van der Waals surface area contributed by atoms with E-state index in [0.29, 0.717) is 29.6 Å². The van der Waals surface area contributed by atoms with Crippen LogP contribution in [0.15, 0.2) is 47.6 Å². The van der Waals surface area contributed by atoms with Gasteiger partial charge < -0.3 is 9.47 Å². The average Bonchev–Trinajstić information content (AvgIpc) is 2.55. The highest BCUT2D eigenvalue weighted by Gasteiger charge is 2.11. The van der Waals surface area contributed by atoms with Crippen molar-refractivity contribution in [3.8, 4) is 17.4 Å². The normalized spacial score (nSPS) is 12.0. The molecule has 0 bridgehead atoms. The molecule has 0 unspecified atom stereocenters. The zero-order chi connectivity index (χ0) is 17.6. The molecule has 6 nitrogen and oxygen atoms in total. The van der Waals surface area contributed by atoms with Crippen LogP contribution in [0.5, 0.6) is 17.4 Å². The Balaban J connectivity index is 2.17. The molecule has 6 heteroatoms. The Labute approximate surface area is 142 Å². The lowest BCUT2D eigenvalue weighted by atomic mass is 9.97. The number of hydrogen-bond donors (Lipinski definition) is 2. The summed E-state index contributed by atoms with van der Waals surface area (Å²) in [4.78, 5) is 8.60. The van der Waals surface area contributed by atoms with Gasteiger partial charge in [-0.25, -0.2) is 4.98 Å². The average molecular weight is 329 g/mol. The molecule has 0 aliphatic carbocycles. The van der Waals surface area contributed by atoms with Crippen molar-refractivity contribution in [1.82, 2.24) is 10.5 Å². The Morgan fingerprint density at radius 3 is 2.42 bits per heavy atom. The smallest absolute Gasteiger partial charge is 0.219 e. The Hall–Kier alpha value is -2.60. The van der Waals surface area contributed by atoms with Gasteiger partial charge in [0.25, 0.3) is 0 Å². The summed E-state index contributed by atoms with van der Waals surface area (Å²) in [7, 11) is 1.61. The fourth-order valence-electron chi connectivity index (χ4n) is 1.88. The summed E-state index contributed by atoms with van der Waals surface area (Å²) < 4.78 is 10.8. The number of hydrogen-bond acceptors (Lipinski definition) is 5. The van der Waals surface area contributed by atoms with Crippen molar-refractivity contribution < 1.29 is 14.7 Å². The second-order valence-electron chi connectivity index (χ2n) is 6.50. The quantitative estimate of drug-likeness (QED) is 0.497. The molecule has 0 saturated heterocycles. The first-order valence-electron chi connectivity index (χ1n) is 7.64. The van der Waals surface area contributed by atoms with E-state index in [4.69, 9.17) is 9.47 Å². The van der Waals surface area contributed by atoms with E-state index in [-0.39, 0.29) is 5.41 Å². The summed E-state index contributed by atoms with van der Waals surface area (Å²) in [6.07, 6.45) is 1.61. The predicted octanol–water partition coefficient (Wildman–Crippen LogP) is 3.65. The maximum absolute atomic E-state index is 9.36. The van der Waals surface area contributed by atoms with Crippen molar-refractivity contribution in [2.45, 2.75) is 20.8 Å². The first kappa shape index (κ1) is 17.7. The fraction of sp³-hybridized carbons (Fsp3) is 0.333. The lowest BCUT2D eigenvalue weighted by Crippen LogP contribution is -2.23. The molecule has 0 amide bonds. The van der Waals surface area contributed by atoms with Crippen LogP contribution >= 0.6 is 0 Å². The molecule has 0 atom stereocenters. The molecule has 0 aliphatic heterocycles. The minimum Gasteiger partial charge on any atom is -0.497 e. The van der Waals surface area contributed by atoms with Crippen molar-refractivity contribution >= 4 is 5.84 Å². The van der Waals surface area contributed by atoms with Crippen molar-refractivity contribution in [3.05, 3.63) is 48.2 Å². The number of nitrogens with zero attached hydrogens (tertiary/aromatic N) is 2. The van der Waals surface area contributed by atoms with Gasteiger partial charge in [0.15, 0.2) is 5.84 Å². The van der Waals surface area contributed by atoms with Gasteiger partial charge in [0.2, 0.25) is 5.88 Å². The second-order valence-corrected chi connectivity index (χ2v) is 6.50. The van der Waals surface area contributed by atoms with Crippen LogP contribution in [0.1, 0.15) is 26.3 Å². The third-order valence-corrected chi connectivity index (χ3v) is 3.11. The lowest BCUT2D eigenvalue weighted by Gasteiger charge is -2.16. The van der Waals surface area contributed by atoms with Crippen molar-refractivity contribution in [3.63, 3.8) is 0 Å². The molecular formula is C18H23N3O3. The second kappa shape index (κ2) is 7.79. The monoisotopic (exact) mass is 329 g/mol. The van der Waals surface area contributed by atoms with Crippen LogP contribution in [0.4, 0.5) is 0 Å². The van der Waals surface area contributed by atoms with E-state index >= 15 is 0 Å². The fourth-order valence-corrected chi connectivity index (χ4v) is 1.88. The Kier molecular flexibility index (Phi) is 5.76. The zero-order valence-corrected chi connectivity index (χ0v) is 14.4. The van der Waals surface area contributed by atoms with Gasteiger partial charge in [0.05, 0.1) is 7.11 Å². The van der Waals surface area contributed by atoms with Gasteiger partial charge in [-0.3, -0.25) is 15.7 Å². The summed E-state index contributed by atoms with van der Waals surface area (Å²) in [5.41, 5.74) is 2.87. The molecule has 2 rings (SSSR count). The van der Waals surface area contributed by atoms with Crippen LogP contribution in [-0.2, 0) is 0 Å². The summed E-state index contributed by atoms with van der Waals surface area (Å²) in [5, 5.41) is 9.36. The lowest BCUT2D eigenvalue weighted by molar-refractivity contribution is 0.234. The Bertz CT molecular complexity index is 691. The molecule has 2 N–H and O–H groups in total. The van der Waals surface area contributed by atoms with Crippen LogP contribution in [-0.4, -0.2) is 29.7 Å². The van der Waals surface area contributed by atoms with Gasteiger partial charge in [-0.1, -0.05) is 20.8 Å². The molecule has 0 fully saturated rings. The molecule has 0 saturated carbocycles. The number of ether oxygens (including phenoxy) is 2. The summed E-state index contributed by atoms with van der Waals surface area (Å²) in [5.74, 6) is 2.19. The minimum atomic E-state index is 0.0254. The largest absolute Gasteiger partial charge is 0.497 e. The summed E-state index contributed by atoms with van der Waals surface area (Å²) in [6, 6.07) is 10.7. The number of aliphatic imine (C=N–C) groups is 1. The predicted molar refractivity (Wildman–Crippen MR) is 93.1 cm³/mol. The van der Waals surface area contributed by atoms with Crippen LogP contribution in [0.3, 0.4) is 0 Å². The highest BCUT2D eigenvalue weighted by atomic mass is 16.5. The van der Waals surface area contributed by atoms with E-state index in [9.17, 15) is 5.21 Å². The number of amidine groups is 1. The first-order chi connectivity index (χ1) is 11.4. The molecule has 2 aromatic rings. The maximum Gasteiger partial charge on any atom is 0.219 e. The molecule has 1 heterocycles. The highest BCUT2D eigenvalue weighted by molar-refractivity contribution is 5.98. The first-order valence-corrected chi connectivity index (χ1v) is 7.64. The van der Waals surface area contributed by atoms with Gasteiger partial charge in [0.1, 0.15) is 11.5 Å². The third kappa shape index (κ3) is 5.24. The van der Waals surface area contributed by atoms with Gasteiger partial charge in [0, 0.05) is 24.4 Å². The number of methoxy groups -OCH3 is 1. The maximum atomic E-state index is 9.36. The number of aromatic nitrogens is 1. The van der Waals surface area contributed by atoms with Crippen LogP contribution < -0.4 is 15.0 Å². The molecule has 0 aliphatic rings. The van der Waals surface area contributed by atoms with E-state index in [1.165, 1.54) is 0 Å². The summed E-state index contributed by atoms with van der Waals surface area (Å²) in [6.45, 7) is 6.82. The number of nitrogens with one attached hydrogen (secondary N) is 1. The molecule has 128 valence electrons. The third-order valence-electron chi connectivity index (χ3n) is 3.11. The van der Waals surface area contributed by atoms with Gasteiger partial charge >= 0.3 is 0 Å².